The molecular formula is C20H23ClN2O2. The number of rotatable bonds is 4. The lowest BCUT2D eigenvalue weighted by Gasteiger charge is -2.27. The normalized spacial score (nSPS) is 15.1. The second-order valence-corrected chi connectivity index (χ2v) is 6.93. The summed E-state index contributed by atoms with van der Waals surface area (Å²) in [5, 5.41) is 13.0. The zero-order valence-corrected chi connectivity index (χ0v) is 15.3. The van der Waals surface area contributed by atoms with Crippen molar-refractivity contribution in [2.75, 3.05) is 11.4 Å². The van der Waals surface area contributed by atoms with Crippen LogP contribution in [0.1, 0.15) is 37.8 Å². The highest BCUT2D eigenvalue weighted by Gasteiger charge is 2.41. The summed E-state index contributed by atoms with van der Waals surface area (Å²) in [5.74, 6) is 0.135. The van der Waals surface area contributed by atoms with E-state index in [1.807, 2.05) is 23.1 Å². The highest BCUT2D eigenvalue weighted by atomic mass is 35.5. The smallest absolute Gasteiger partial charge is 0.322 e. The van der Waals surface area contributed by atoms with Gasteiger partial charge in [-0.15, -0.1) is 0 Å². The molecule has 2 N–H and O–H groups in total. The second-order valence-electron chi connectivity index (χ2n) is 6.53. The topological polar surface area (TPSA) is 52.6 Å². The third kappa shape index (κ3) is 3.19. The molecule has 0 saturated carbocycles. The van der Waals surface area contributed by atoms with Gasteiger partial charge in [0, 0.05) is 29.2 Å². The van der Waals surface area contributed by atoms with Gasteiger partial charge in [0.25, 0.3) is 0 Å². The molecule has 0 bridgehead atoms. The molecule has 0 atom stereocenters. The molecule has 25 heavy (non-hydrogen) atoms. The third-order valence-corrected chi connectivity index (χ3v) is 5.65. The minimum atomic E-state index is -0.143. The van der Waals surface area contributed by atoms with Crippen LogP contribution in [0.2, 0.25) is 5.02 Å². The number of benzene rings is 2. The summed E-state index contributed by atoms with van der Waals surface area (Å²) in [6.45, 7) is 5.30. The predicted molar refractivity (Wildman–Crippen MR) is 101 cm³/mol. The van der Waals surface area contributed by atoms with Crippen LogP contribution in [0.15, 0.2) is 42.5 Å². The van der Waals surface area contributed by atoms with Crippen molar-refractivity contribution in [3.8, 4) is 5.75 Å². The van der Waals surface area contributed by atoms with Gasteiger partial charge in [-0.3, -0.25) is 4.90 Å². The van der Waals surface area contributed by atoms with Crippen molar-refractivity contribution in [2.24, 2.45) is 0 Å². The average molecular weight is 359 g/mol. The Morgan fingerprint density at radius 1 is 1.24 bits per heavy atom. The Kier molecular flexibility index (Phi) is 4.91. The first-order valence-electron chi connectivity index (χ1n) is 8.63. The predicted octanol–water partition coefficient (Wildman–Crippen LogP) is 4.83. The van der Waals surface area contributed by atoms with Crippen LogP contribution in [0.3, 0.4) is 0 Å². The zero-order chi connectivity index (χ0) is 18.0. The van der Waals surface area contributed by atoms with Gasteiger partial charge in [-0.2, -0.15) is 0 Å². The van der Waals surface area contributed by atoms with Gasteiger partial charge in [0.05, 0.1) is 0 Å². The molecule has 2 aromatic rings. The number of amides is 2. The Labute approximate surface area is 153 Å². The molecule has 5 heteroatoms. The molecule has 2 amide bonds. The summed E-state index contributed by atoms with van der Waals surface area (Å²) in [5.41, 5.74) is 2.92. The van der Waals surface area contributed by atoms with E-state index in [4.69, 9.17) is 11.6 Å². The number of urea groups is 1. The minimum absolute atomic E-state index is 0.0105. The average Bonchev–Trinajstić information content (AvgIpc) is 2.97. The van der Waals surface area contributed by atoms with Gasteiger partial charge in [0.15, 0.2) is 0 Å². The maximum absolute atomic E-state index is 12.8. The monoisotopic (exact) mass is 358 g/mol. The van der Waals surface area contributed by atoms with Crippen LogP contribution in [0.25, 0.3) is 0 Å². The number of phenols is 1. The van der Waals surface area contributed by atoms with Gasteiger partial charge in [-0.25, -0.2) is 4.79 Å². The van der Waals surface area contributed by atoms with E-state index in [0.29, 0.717) is 17.1 Å². The Hall–Kier alpha value is -2.20. The lowest BCUT2D eigenvalue weighted by Crippen LogP contribution is -2.42. The van der Waals surface area contributed by atoms with Crippen molar-refractivity contribution in [3.05, 3.63) is 58.6 Å². The molecule has 1 aliphatic rings. The van der Waals surface area contributed by atoms with Gasteiger partial charge < -0.3 is 10.4 Å². The molecule has 0 aliphatic carbocycles. The number of carbonyl (C=O) groups excluding carboxylic acids is 1. The molecule has 0 saturated heterocycles. The van der Waals surface area contributed by atoms with E-state index in [-0.39, 0.29) is 23.7 Å². The SMILES string of the molecule is CCC1(CC)CN(C(=O)NCc2cc(O)ccc2Cl)c2ccccc21. The van der Waals surface area contributed by atoms with Crippen LogP contribution in [-0.2, 0) is 12.0 Å². The summed E-state index contributed by atoms with van der Waals surface area (Å²) >= 11 is 6.13. The maximum atomic E-state index is 12.8. The molecule has 4 nitrogen and oxygen atoms in total. The zero-order valence-electron chi connectivity index (χ0n) is 14.6. The number of para-hydroxylation sites is 1. The molecule has 0 fully saturated rings. The van der Waals surface area contributed by atoms with Crippen LogP contribution in [0.4, 0.5) is 10.5 Å². The number of nitrogens with one attached hydrogen (secondary N) is 1. The van der Waals surface area contributed by atoms with E-state index in [0.717, 1.165) is 18.5 Å². The molecule has 0 spiro atoms. The Bertz CT molecular complexity index is 787. The van der Waals surface area contributed by atoms with Crippen LogP contribution >= 0.6 is 11.6 Å². The van der Waals surface area contributed by atoms with E-state index in [1.165, 1.54) is 11.6 Å². The van der Waals surface area contributed by atoms with Gasteiger partial charge in [-0.1, -0.05) is 43.6 Å². The quantitative estimate of drug-likeness (QED) is 0.822. The van der Waals surface area contributed by atoms with Gasteiger partial charge >= 0.3 is 6.03 Å². The fourth-order valence-electron chi connectivity index (χ4n) is 3.63. The summed E-state index contributed by atoms with van der Waals surface area (Å²) in [6.07, 6.45) is 1.98. The van der Waals surface area contributed by atoms with Crippen molar-refractivity contribution >= 4 is 23.3 Å². The van der Waals surface area contributed by atoms with Gasteiger partial charge in [0.1, 0.15) is 5.75 Å². The minimum Gasteiger partial charge on any atom is -0.508 e. The largest absolute Gasteiger partial charge is 0.508 e. The van der Waals surface area contributed by atoms with Crippen molar-refractivity contribution in [1.82, 2.24) is 5.32 Å². The number of phenolic OH excluding ortho intramolecular Hbond substituents is 1. The van der Waals surface area contributed by atoms with Crippen molar-refractivity contribution in [2.45, 2.75) is 38.6 Å². The Balaban J connectivity index is 1.80. The highest BCUT2D eigenvalue weighted by Crippen LogP contribution is 2.44. The molecule has 0 radical (unpaired) electrons. The fraction of sp³-hybridized carbons (Fsp3) is 0.350. The Morgan fingerprint density at radius 3 is 2.68 bits per heavy atom. The number of hydrogen-bond acceptors (Lipinski definition) is 2. The fourth-order valence-corrected chi connectivity index (χ4v) is 3.81. The number of anilines is 1. The number of fused-ring (bicyclic) bond motifs is 1. The molecule has 1 aliphatic heterocycles. The van der Waals surface area contributed by atoms with E-state index in [1.54, 1.807) is 12.1 Å². The summed E-state index contributed by atoms with van der Waals surface area (Å²) < 4.78 is 0. The first-order valence-corrected chi connectivity index (χ1v) is 9.01. The number of halogens is 1. The highest BCUT2D eigenvalue weighted by molar-refractivity contribution is 6.31. The molecule has 132 valence electrons. The van der Waals surface area contributed by atoms with Gasteiger partial charge in [0.2, 0.25) is 0 Å². The van der Waals surface area contributed by atoms with Crippen molar-refractivity contribution in [3.63, 3.8) is 0 Å². The lowest BCUT2D eigenvalue weighted by molar-refractivity contribution is 0.244. The van der Waals surface area contributed by atoms with Crippen molar-refractivity contribution < 1.29 is 9.90 Å². The molecule has 3 rings (SSSR count). The third-order valence-electron chi connectivity index (χ3n) is 5.29. The molecule has 1 heterocycles. The molecule has 0 aromatic heterocycles. The number of nitrogens with zero attached hydrogens (tertiary/aromatic N) is 1. The summed E-state index contributed by atoms with van der Waals surface area (Å²) in [7, 11) is 0. The first-order chi connectivity index (χ1) is 12.0. The van der Waals surface area contributed by atoms with E-state index < -0.39 is 0 Å². The van der Waals surface area contributed by atoms with Crippen LogP contribution in [0, 0.1) is 0 Å². The maximum Gasteiger partial charge on any atom is 0.322 e. The van der Waals surface area contributed by atoms with E-state index in [9.17, 15) is 9.90 Å². The van der Waals surface area contributed by atoms with E-state index >= 15 is 0 Å². The molecule has 2 aromatic carbocycles. The number of hydrogen-bond donors (Lipinski definition) is 2. The standard InChI is InChI=1S/C20H23ClN2O2/c1-3-20(4-2)13-23(18-8-6-5-7-16(18)20)19(25)22-12-14-11-15(24)9-10-17(14)21/h5-11,24H,3-4,12-13H2,1-2H3,(H,22,25). The summed E-state index contributed by atoms with van der Waals surface area (Å²) in [6, 6.07) is 12.7. The molecular weight excluding hydrogens is 336 g/mol. The Morgan fingerprint density at radius 2 is 1.96 bits per heavy atom. The molecule has 0 unspecified atom stereocenters. The van der Waals surface area contributed by atoms with Crippen molar-refractivity contribution in [1.29, 1.82) is 0 Å². The first kappa shape index (κ1) is 17.6. The number of aromatic hydroxyl groups is 1. The second kappa shape index (κ2) is 6.96. The van der Waals surface area contributed by atoms with Crippen LogP contribution in [0.5, 0.6) is 5.75 Å². The van der Waals surface area contributed by atoms with Crippen LogP contribution in [-0.4, -0.2) is 17.7 Å². The summed E-state index contributed by atoms with van der Waals surface area (Å²) in [4.78, 5) is 14.6. The van der Waals surface area contributed by atoms with Gasteiger partial charge in [-0.05, 0) is 48.2 Å². The number of carbonyl (C=O) groups is 1. The lowest BCUT2D eigenvalue weighted by atomic mass is 9.78. The van der Waals surface area contributed by atoms with Crippen LogP contribution < -0.4 is 10.2 Å². The van der Waals surface area contributed by atoms with E-state index in [2.05, 4.69) is 25.2 Å².